The summed E-state index contributed by atoms with van der Waals surface area (Å²) in [6.07, 6.45) is 2.31. The van der Waals surface area contributed by atoms with Crippen molar-refractivity contribution in [3.05, 3.63) is 82.9 Å². The Labute approximate surface area is 219 Å². The van der Waals surface area contributed by atoms with Gasteiger partial charge in [0.25, 0.3) is 0 Å². The van der Waals surface area contributed by atoms with Crippen LogP contribution < -0.4 is 29.4 Å². The summed E-state index contributed by atoms with van der Waals surface area (Å²) in [6, 6.07) is 17.0. The number of rotatable bonds is 8. The van der Waals surface area contributed by atoms with Gasteiger partial charge in [0.1, 0.15) is 6.04 Å². The average Bonchev–Trinajstić information content (AvgIpc) is 3.55. The molecular formula is C29H27NO8. The van der Waals surface area contributed by atoms with Crippen molar-refractivity contribution in [2.75, 3.05) is 27.6 Å². The van der Waals surface area contributed by atoms with Gasteiger partial charge in [-0.15, -0.1) is 0 Å². The number of fused-ring (bicyclic) bond motifs is 1. The number of nitrogens with two attached hydrogens (primary N) is 1. The van der Waals surface area contributed by atoms with Crippen LogP contribution in [0.25, 0.3) is 6.08 Å². The number of carbonyl (C=O) groups is 2. The van der Waals surface area contributed by atoms with Gasteiger partial charge < -0.3 is 34.2 Å². The van der Waals surface area contributed by atoms with Gasteiger partial charge in [0.2, 0.25) is 12.5 Å². The Morgan fingerprint density at radius 1 is 1.00 bits per heavy atom. The second kappa shape index (κ2) is 10.9. The largest absolute Gasteiger partial charge is 0.493 e. The van der Waals surface area contributed by atoms with E-state index < -0.39 is 18.0 Å². The number of benzene rings is 3. The number of methoxy groups -OCH3 is 2. The SMILES string of the molecule is COc1cc(/C=C2\C(=O)OCC2Cc2ccc3c(c2)OCO3)cc(OC)c1OC(=O)[C@@H](N)c1ccccc1. The first-order chi connectivity index (χ1) is 18.5. The lowest BCUT2D eigenvalue weighted by Gasteiger charge is -2.17. The average molecular weight is 518 g/mol. The number of carbonyl (C=O) groups excluding carboxylic acids is 2. The maximum atomic E-state index is 12.8. The van der Waals surface area contributed by atoms with Crippen molar-refractivity contribution in [1.29, 1.82) is 0 Å². The molecule has 9 heteroatoms. The molecule has 0 radical (unpaired) electrons. The summed E-state index contributed by atoms with van der Waals surface area (Å²) in [5.41, 5.74) is 8.85. The highest BCUT2D eigenvalue weighted by molar-refractivity contribution is 5.96. The van der Waals surface area contributed by atoms with Gasteiger partial charge in [-0.05, 0) is 53.5 Å². The van der Waals surface area contributed by atoms with Crippen LogP contribution in [0.2, 0.25) is 0 Å². The Bertz CT molecular complexity index is 1360. The fourth-order valence-electron chi connectivity index (χ4n) is 4.44. The summed E-state index contributed by atoms with van der Waals surface area (Å²) < 4.78 is 32.8. The molecule has 0 amide bonds. The second-order valence-corrected chi connectivity index (χ2v) is 8.85. The first-order valence-corrected chi connectivity index (χ1v) is 12.0. The van der Waals surface area contributed by atoms with E-state index in [1.54, 1.807) is 42.5 Å². The summed E-state index contributed by atoms with van der Waals surface area (Å²) in [4.78, 5) is 25.4. The molecule has 3 aromatic carbocycles. The third kappa shape index (κ3) is 5.14. The lowest BCUT2D eigenvalue weighted by Crippen LogP contribution is -2.26. The molecule has 38 heavy (non-hydrogen) atoms. The van der Waals surface area contributed by atoms with E-state index in [0.29, 0.717) is 34.6 Å². The molecule has 0 aromatic heterocycles. The first-order valence-electron chi connectivity index (χ1n) is 12.0. The summed E-state index contributed by atoms with van der Waals surface area (Å²) in [6.45, 7) is 0.461. The monoisotopic (exact) mass is 517 g/mol. The number of ether oxygens (including phenoxy) is 6. The highest BCUT2D eigenvalue weighted by Gasteiger charge is 2.31. The van der Waals surface area contributed by atoms with Gasteiger partial charge in [0.05, 0.1) is 20.8 Å². The van der Waals surface area contributed by atoms with E-state index in [2.05, 4.69) is 0 Å². The van der Waals surface area contributed by atoms with E-state index in [-0.39, 0.29) is 36.6 Å². The fourth-order valence-corrected chi connectivity index (χ4v) is 4.44. The van der Waals surface area contributed by atoms with Gasteiger partial charge in [-0.2, -0.15) is 0 Å². The van der Waals surface area contributed by atoms with Crippen molar-refractivity contribution >= 4 is 18.0 Å². The van der Waals surface area contributed by atoms with E-state index in [9.17, 15) is 9.59 Å². The van der Waals surface area contributed by atoms with Crippen LogP contribution in [0.4, 0.5) is 0 Å². The number of hydrogen-bond acceptors (Lipinski definition) is 9. The van der Waals surface area contributed by atoms with E-state index >= 15 is 0 Å². The lowest BCUT2D eigenvalue weighted by atomic mass is 9.92. The van der Waals surface area contributed by atoms with Gasteiger partial charge in [-0.3, -0.25) is 0 Å². The van der Waals surface area contributed by atoms with Crippen LogP contribution in [-0.4, -0.2) is 39.6 Å². The molecule has 196 valence electrons. The molecule has 2 aliphatic rings. The summed E-state index contributed by atoms with van der Waals surface area (Å²) in [7, 11) is 2.90. The number of cyclic esters (lactones) is 1. The van der Waals surface area contributed by atoms with Crippen LogP contribution in [0.15, 0.2) is 66.2 Å². The molecule has 2 aliphatic heterocycles. The van der Waals surface area contributed by atoms with Crippen molar-refractivity contribution in [3.63, 3.8) is 0 Å². The zero-order valence-electron chi connectivity index (χ0n) is 21.0. The second-order valence-electron chi connectivity index (χ2n) is 8.85. The van der Waals surface area contributed by atoms with Gasteiger partial charge >= 0.3 is 11.9 Å². The molecule has 2 atom stereocenters. The minimum Gasteiger partial charge on any atom is -0.493 e. The van der Waals surface area contributed by atoms with E-state index in [1.807, 2.05) is 24.3 Å². The Kier molecular flexibility index (Phi) is 7.19. The normalized spacial score (nSPS) is 17.7. The van der Waals surface area contributed by atoms with Crippen LogP contribution in [0, 0.1) is 5.92 Å². The molecule has 5 rings (SSSR count). The molecule has 0 aliphatic carbocycles. The predicted octanol–water partition coefficient (Wildman–Crippen LogP) is 3.84. The van der Waals surface area contributed by atoms with Gasteiger partial charge in [0.15, 0.2) is 23.0 Å². The zero-order valence-corrected chi connectivity index (χ0v) is 21.0. The molecule has 2 heterocycles. The molecule has 3 aromatic rings. The van der Waals surface area contributed by atoms with E-state index in [1.165, 1.54) is 14.2 Å². The van der Waals surface area contributed by atoms with E-state index in [4.69, 9.17) is 34.2 Å². The Balaban J connectivity index is 1.40. The Morgan fingerprint density at radius 2 is 1.71 bits per heavy atom. The van der Waals surface area contributed by atoms with Gasteiger partial charge in [0, 0.05) is 11.5 Å². The van der Waals surface area contributed by atoms with Crippen LogP contribution in [0.1, 0.15) is 22.7 Å². The molecule has 9 nitrogen and oxygen atoms in total. The number of hydrogen-bond donors (Lipinski definition) is 1. The molecule has 1 fully saturated rings. The molecule has 1 unspecified atom stereocenters. The first kappa shape index (κ1) is 25.2. The third-order valence-corrected chi connectivity index (χ3v) is 6.43. The maximum absolute atomic E-state index is 12.8. The van der Waals surface area contributed by atoms with Crippen LogP contribution in [0.5, 0.6) is 28.7 Å². The molecular weight excluding hydrogens is 490 g/mol. The van der Waals surface area contributed by atoms with E-state index in [0.717, 1.165) is 5.56 Å². The summed E-state index contributed by atoms with van der Waals surface area (Å²) >= 11 is 0. The molecule has 0 bridgehead atoms. The topological polar surface area (TPSA) is 116 Å². The van der Waals surface area contributed by atoms with Crippen LogP contribution >= 0.6 is 0 Å². The maximum Gasteiger partial charge on any atom is 0.334 e. The molecule has 0 saturated carbocycles. The van der Waals surface area contributed by atoms with Crippen molar-refractivity contribution in [3.8, 4) is 28.7 Å². The summed E-state index contributed by atoms with van der Waals surface area (Å²) in [5, 5.41) is 0. The third-order valence-electron chi connectivity index (χ3n) is 6.43. The minimum absolute atomic E-state index is 0.0967. The highest BCUT2D eigenvalue weighted by Crippen LogP contribution is 2.41. The zero-order chi connectivity index (χ0) is 26.6. The number of esters is 2. The van der Waals surface area contributed by atoms with Gasteiger partial charge in [-0.25, -0.2) is 9.59 Å². The lowest BCUT2D eigenvalue weighted by molar-refractivity contribution is -0.136. The minimum atomic E-state index is -0.988. The van der Waals surface area contributed by atoms with Crippen molar-refractivity contribution < 1.29 is 38.0 Å². The van der Waals surface area contributed by atoms with Crippen LogP contribution in [-0.2, 0) is 20.7 Å². The summed E-state index contributed by atoms with van der Waals surface area (Å²) in [5.74, 6) is 0.769. The Morgan fingerprint density at radius 3 is 2.42 bits per heavy atom. The molecule has 0 spiro atoms. The van der Waals surface area contributed by atoms with Crippen molar-refractivity contribution in [2.24, 2.45) is 11.7 Å². The van der Waals surface area contributed by atoms with Crippen LogP contribution in [0.3, 0.4) is 0 Å². The smallest absolute Gasteiger partial charge is 0.334 e. The van der Waals surface area contributed by atoms with Gasteiger partial charge in [-0.1, -0.05) is 36.4 Å². The molecule has 2 N–H and O–H groups in total. The predicted molar refractivity (Wildman–Crippen MR) is 137 cm³/mol. The standard InChI is InChI=1S/C29H27NO8/c1-33-24-13-18(14-25(34-2)27(24)38-29(32)26(30)19-6-4-3-5-7-19)11-21-20(15-35-28(21)31)10-17-8-9-22-23(12-17)37-16-36-22/h3-9,11-14,20,26H,10,15-16,30H2,1-2H3/b21-11-/t20?,26-/m0/s1. The Hall–Kier alpha value is -4.50. The quantitative estimate of drug-likeness (QED) is 0.270. The van der Waals surface area contributed by atoms with Crippen molar-refractivity contribution in [1.82, 2.24) is 0 Å². The van der Waals surface area contributed by atoms with Crippen molar-refractivity contribution in [2.45, 2.75) is 12.5 Å². The highest BCUT2D eigenvalue weighted by atomic mass is 16.7. The fraction of sp³-hybridized carbons (Fsp3) is 0.241. The molecule has 1 saturated heterocycles.